The Kier molecular flexibility index (Phi) is 3.48. The highest BCUT2D eigenvalue weighted by Gasteiger charge is 2.52. The highest BCUT2D eigenvalue weighted by atomic mass is 16.6. The molecule has 0 aliphatic heterocycles. The predicted molar refractivity (Wildman–Crippen MR) is 67.4 cm³/mol. The lowest BCUT2D eigenvalue weighted by molar-refractivity contribution is -0.172. The highest BCUT2D eigenvalue weighted by molar-refractivity contribution is 5.75. The van der Waals surface area contributed by atoms with Gasteiger partial charge < -0.3 is 10.5 Å². The summed E-state index contributed by atoms with van der Waals surface area (Å²) in [6.45, 7) is 5.75. The maximum Gasteiger partial charge on any atom is 0.311 e. The molecule has 0 aromatic rings. The predicted octanol–water partition coefficient (Wildman–Crippen LogP) is 2.48. The summed E-state index contributed by atoms with van der Waals surface area (Å²) in [5.74, 6) is 0.933. The molecule has 98 valence electrons. The Hall–Kier alpha value is -0.570. The SMILES string of the molecule is CC(C)(C)OC(=O)[C@@H]1[C@@H](N)[C@@H]2CCCCC[C@@H]21. The second-order valence-corrected chi connectivity index (χ2v) is 6.60. The van der Waals surface area contributed by atoms with Crippen molar-refractivity contribution in [1.29, 1.82) is 0 Å². The quantitative estimate of drug-likeness (QED) is 0.715. The van der Waals surface area contributed by atoms with E-state index in [-0.39, 0.29) is 17.9 Å². The number of ether oxygens (including phenoxy) is 1. The fourth-order valence-electron chi connectivity index (χ4n) is 3.40. The third kappa shape index (κ3) is 2.65. The topological polar surface area (TPSA) is 52.3 Å². The van der Waals surface area contributed by atoms with Crippen LogP contribution in [0.3, 0.4) is 0 Å². The molecule has 3 nitrogen and oxygen atoms in total. The summed E-state index contributed by atoms with van der Waals surface area (Å²) in [4.78, 5) is 12.1. The fourth-order valence-corrected chi connectivity index (χ4v) is 3.40. The third-order valence-corrected chi connectivity index (χ3v) is 4.17. The van der Waals surface area contributed by atoms with Gasteiger partial charge in [0.2, 0.25) is 0 Å². The van der Waals surface area contributed by atoms with E-state index in [1.54, 1.807) is 0 Å². The van der Waals surface area contributed by atoms with E-state index in [0.717, 1.165) is 6.42 Å². The molecule has 3 heteroatoms. The van der Waals surface area contributed by atoms with Gasteiger partial charge in [-0.1, -0.05) is 19.3 Å². The number of fused-ring (bicyclic) bond motifs is 1. The lowest BCUT2D eigenvalue weighted by Gasteiger charge is -2.49. The standard InChI is InChI=1S/C14H25NO2/c1-14(2,3)17-13(16)11-9-7-5-4-6-8-10(9)12(11)15/h9-12H,4-8,15H2,1-3H3/t9-,10+,11-,12-/m0/s1. The number of hydrogen-bond acceptors (Lipinski definition) is 3. The second kappa shape index (κ2) is 4.60. The Morgan fingerprint density at radius 3 is 2.29 bits per heavy atom. The number of rotatable bonds is 1. The molecule has 17 heavy (non-hydrogen) atoms. The number of carbonyl (C=O) groups excluding carboxylic acids is 1. The Balaban J connectivity index is 1.99. The monoisotopic (exact) mass is 239 g/mol. The van der Waals surface area contributed by atoms with Crippen molar-refractivity contribution in [2.24, 2.45) is 23.5 Å². The third-order valence-electron chi connectivity index (χ3n) is 4.17. The van der Waals surface area contributed by atoms with Gasteiger partial charge in [-0.3, -0.25) is 4.79 Å². The molecular formula is C14H25NO2. The van der Waals surface area contributed by atoms with Crippen molar-refractivity contribution >= 4 is 5.97 Å². The zero-order valence-electron chi connectivity index (χ0n) is 11.2. The summed E-state index contributed by atoms with van der Waals surface area (Å²) in [6, 6.07) is 0.0351. The van der Waals surface area contributed by atoms with Gasteiger partial charge in [-0.15, -0.1) is 0 Å². The van der Waals surface area contributed by atoms with Crippen LogP contribution in [0, 0.1) is 17.8 Å². The van der Waals surface area contributed by atoms with Crippen LogP contribution in [0.4, 0.5) is 0 Å². The number of carbonyl (C=O) groups is 1. The lowest BCUT2D eigenvalue weighted by Crippen LogP contribution is -2.60. The Labute approximate surface area is 104 Å². The van der Waals surface area contributed by atoms with Crippen molar-refractivity contribution in [1.82, 2.24) is 0 Å². The van der Waals surface area contributed by atoms with Gasteiger partial charge in [-0.05, 0) is 45.4 Å². The van der Waals surface area contributed by atoms with Gasteiger partial charge in [-0.2, -0.15) is 0 Å². The van der Waals surface area contributed by atoms with Crippen molar-refractivity contribution in [3.05, 3.63) is 0 Å². The first kappa shape index (κ1) is 12.9. The van der Waals surface area contributed by atoms with E-state index in [4.69, 9.17) is 10.5 Å². The van der Waals surface area contributed by atoms with Gasteiger partial charge in [0.1, 0.15) is 5.60 Å². The average molecular weight is 239 g/mol. The van der Waals surface area contributed by atoms with Gasteiger partial charge in [-0.25, -0.2) is 0 Å². The molecule has 0 radical (unpaired) electrons. The molecule has 2 saturated carbocycles. The van der Waals surface area contributed by atoms with Crippen LogP contribution < -0.4 is 5.73 Å². The number of esters is 1. The van der Waals surface area contributed by atoms with E-state index < -0.39 is 5.60 Å². The second-order valence-electron chi connectivity index (χ2n) is 6.60. The molecule has 2 aliphatic rings. The van der Waals surface area contributed by atoms with Crippen molar-refractivity contribution < 1.29 is 9.53 Å². The Morgan fingerprint density at radius 1 is 1.12 bits per heavy atom. The maximum atomic E-state index is 12.1. The van der Waals surface area contributed by atoms with Gasteiger partial charge in [0.05, 0.1) is 5.92 Å². The van der Waals surface area contributed by atoms with E-state index in [1.165, 1.54) is 25.7 Å². The van der Waals surface area contributed by atoms with Crippen LogP contribution in [0.25, 0.3) is 0 Å². The van der Waals surface area contributed by atoms with Crippen LogP contribution in [0.5, 0.6) is 0 Å². The van der Waals surface area contributed by atoms with Crippen LogP contribution in [-0.4, -0.2) is 17.6 Å². The van der Waals surface area contributed by atoms with Crippen LogP contribution in [0.2, 0.25) is 0 Å². The first-order chi connectivity index (χ1) is 7.90. The summed E-state index contributed by atoms with van der Waals surface area (Å²) >= 11 is 0. The minimum absolute atomic E-state index is 0.0351. The first-order valence-corrected chi connectivity index (χ1v) is 6.88. The van der Waals surface area contributed by atoms with E-state index in [2.05, 4.69) is 0 Å². The van der Waals surface area contributed by atoms with Crippen LogP contribution in [0.15, 0.2) is 0 Å². The van der Waals surface area contributed by atoms with E-state index >= 15 is 0 Å². The van der Waals surface area contributed by atoms with Crippen LogP contribution >= 0.6 is 0 Å². The largest absolute Gasteiger partial charge is 0.460 e. The highest BCUT2D eigenvalue weighted by Crippen LogP contribution is 2.48. The molecule has 0 amide bonds. The zero-order valence-corrected chi connectivity index (χ0v) is 11.2. The smallest absolute Gasteiger partial charge is 0.311 e. The van der Waals surface area contributed by atoms with Crippen LogP contribution in [0.1, 0.15) is 52.9 Å². The summed E-state index contributed by atoms with van der Waals surface area (Å²) in [5, 5.41) is 0. The van der Waals surface area contributed by atoms with Crippen molar-refractivity contribution in [2.75, 3.05) is 0 Å². The van der Waals surface area contributed by atoms with E-state index in [9.17, 15) is 4.79 Å². The summed E-state index contributed by atoms with van der Waals surface area (Å²) in [5.41, 5.74) is 5.77. The Morgan fingerprint density at radius 2 is 1.71 bits per heavy atom. The van der Waals surface area contributed by atoms with Crippen molar-refractivity contribution in [2.45, 2.75) is 64.5 Å². The van der Waals surface area contributed by atoms with E-state index in [0.29, 0.717) is 11.8 Å². The molecule has 0 aromatic heterocycles. The number of hydrogen-bond donors (Lipinski definition) is 1. The lowest BCUT2D eigenvalue weighted by atomic mass is 9.59. The molecule has 0 saturated heterocycles. The summed E-state index contributed by atoms with van der Waals surface area (Å²) in [6.07, 6.45) is 6.16. The fraction of sp³-hybridized carbons (Fsp3) is 0.929. The molecule has 0 heterocycles. The van der Waals surface area contributed by atoms with Gasteiger partial charge in [0.15, 0.2) is 0 Å². The van der Waals surface area contributed by atoms with Crippen molar-refractivity contribution in [3.8, 4) is 0 Å². The normalized spacial score (nSPS) is 37.6. The first-order valence-electron chi connectivity index (χ1n) is 6.88. The molecule has 0 unspecified atom stereocenters. The maximum absolute atomic E-state index is 12.1. The van der Waals surface area contributed by atoms with Gasteiger partial charge in [0.25, 0.3) is 0 Å². The van der Waals surface area contributed by atoms with E-state index in [1.807, 2.05) is 20.8 Å². The zero-order chi connectivity index (χ0) is 12.6. The average Bonchev–Trinajstić information content (AvgIpc) is 2.37. The van der Waals surface area contributed by atoms with Gasteiger partial charge in [0, 0.05) is 6.04 Å². The molecule has 0 spiro atoms. The molecule has 0 aromatic carbocycles. The minimum atomic E-state index is -0.396. The molecule has 2 rings (SSSR count). The minimum Gasteiger partial charge on any atom is -0.460 e. The summed E-state index contributed by atoms with van der Waals surface area (Å²) in [7, 11) is 0. The Bertz CT molecular complexity index is 295. The molecule has 2 fully saturated rings. The van der Waals surface area contributed by atoms with Crippen LogP contribution in [-0.2, 0) is 9.53 Å². The molecular weight excluding hydrogens is 214 g/mol. The molecule has 2 aliphatic carbocycles. The molecule has 2 N–H and O–H groups in total. The van der Waals surface area contributed by atoms with Crippen molar-refractivity contribution in [3.63, 3.8) is 0 Å². The summed E-state index contributed by atoms with van der Waals surface area (Å²) < 4.78 is 5.48. The molecule has 4 atom stereocenters. The number of nitrogens with two attached hydrogens (primary N) is 1. The van der Waals surface area contributed by atoms with Gasteiger partial charge >= 0.3 is 5.97 Å². The molecule has 0 bridgehead atoms.